The number of anilines is 1. The molecule has 1 fully saturated rings. The Kier molecular flexibility index (Phi) is 4.84. The van der Waals surface area contributed by atoms with Gasteiger partial charge in [-0.25, -0.2) is 18.2 Å². The van der Waals surface area contributed by atoms with Crippen LogP contribution in [0.25, 0.3) is 39.0 Å². The van der Waals surface area contributed by atoms with Gasteiger partial charge in [0.25, 0.3) is 0 Å². The van der Waals surface area contributed by atoms with Gasteiger partial charge in [-0.2, -0.15) is 5.10 Å². The van der Waals surface area contributed by atoms with Crippen molar-refractivity contribution in [2.45, 2.75) is 6.42 Å². The molecule has 3 aliphatic rings. The van der Waals surface area contributed by atoms with Crippen molar-refractivity contribution in [1.82, 2.24) is 20.5 Å². The van der Waals surface area contributed by atoms with Gasteiger partial charge in [0.05, 0.1) is 27.9 Å². The van der Waals surface area contributed by atoms with Gasteiger partial charge in [0.2, 0.25) is 0 Å². The monoisotopic (exact) mass is 499 g/mol. The van der Waals surface area contributed by atoms with Gasteiger partial charge in [-0.05, 0) is 41.8 Å². The minimum absolute atomic E-state index is 0.0533. The van der Waals surface area contributed by atoms with Gasteiger partial charge >= 0.3 is 0 Å². The summed E-state index contributed by atoms with van der Waals surface area (Å²) in [7, 11) is 0. The molecule has 2 aromatic heterocycles. The average molecular weight is 499 g/mol. The van der Waals surface area contributed by atoms with Crippen LogP contribution in [0.15, 0.2) is 48.6 Å². The Morgan fingerprint density at radius 1 is 0.892 bits per heavy atom. The number of aromatic amines is 1. The fourth-order valence-electron chi connectivity index (χ4n) is 5.52. The lowest BCUT2D eigenvalue weighted by molar-refractivity contribution is 0.104. The van der Waals surface area contributed by atoms with Crippen molar-refractivity contribution >= 4 is 28.1 Å². The van der Waals surface area contributed by atoms with E-state index in [9.17, 15) is 13.6 Å². The minimum Gasteiger partial charge on any atom is -0.369 e. The average Bonchev–Trinajstić information content (AvgIpc) is 3.65. The van der Waals surface area contributed by atoms with Crippen molar-refractivity contribution < 1.29 is 18.0 Å². The number of carbonyl (C=O) groups excluding carboxylic acids is 1. The zero-order valence-corrected chi connectivity index (χ0v) is 19.5. The highest BCUT2D eigenvalue weighted by atomic mass is 19.2. The SMILES string of the molecule is O=C1c2cc(N3CCNCC3)ccc2-c2c1c(-c1c(F)ccc(F)c1F)nc1[nH]nc(C3=CC=CC3)c21. The highest BCUT2D eigenvalue weighted by Gasteiger charge is 2.37. The predicted octanol–water partition coefficient (Wildman–Crippen LogP) is 5.01. The van der Waals surface area contributed by atoms with Crippen LogP contribution in [0.3, 0.4) is 0 Å². The first-order valence-corrected chi connectivity index (χ1v) is 12.1. The van der Waals surface area contributed by atoms with E-state index in [1.165, 1.54) is 0 Å². The Bertz CT molecular complexity index is 1700. The van der Waals surface area contributed by atoms with Crippen molar-refractivity contribution in [2.75, 3.05) is 31.1 Å². The Morgan fingerprint density at radius 3 is 2.49 bits per heavy atom. The van der Waals surface area contributed by atoms with Gasteiger partial charge in [0, 0.05) is 43.0 Å². The maximum Gasteiger partial charge on any atom is 0.196 e. The summed E-state index contributed by atoms with van der Waals surface area (Å²) in [6, 6.07) is 7.21. The second kappa shape index (κ2) is 8.14. The third kappa shape index (κ3) is 3.20. The van der Waals surface area contributed by atoms with E-state index in [0.29, 0.717) is 34.2 Å². The largest absolute Gasteiger partial charge is 0.369 e. The van der Waals surface area contributed by atoms with Gasteiger partial charge in [-0.15, -0.1) is 0 Å². The molecule has 2 N–H and O–H groups in total. The molecule has 4 aromatic rings. The molecule has 0 amide bonds. The molecule has 1 aliphatic heterocycles. The molecule has 0 atom stereocenters. The maximum absolute atomic E-state index is 15.0. The van der Waals surface area contributed by atoms with E-state index in [1.54, 1.807) is 0 Å². The molecule has 3 heterocycles. The molecule has 184 valence electrons. The lowest BCUT2D eigenvalue weighted by atomic mass is 9.95. The number of hydrogen-bond acceptors (Lipinski definition) is 5. The van der Waals surface area contributed by atoms with Crippen molar-refractivity contribution in [3.63, 3.8) is 0 Å². The van der Waals surface area contributed by atoms with Crippen LogP contribution in [-0.2, 0) is 0 Å². The summed E-state index contributed by atoms with van der Waals surface area (Å²) in [6.45, 7) is 3.26. The van der Waals surface area contributed by atoms with Crippen LogP contribution in [0.5, 0.6) is 0 Å². The summed E-state index contributed by atoms with van der Waals surface area (Å²) in [5, 5.41) is 11.2. The zero-order valence-electron chi connectivity index (χ0n) is 19.5. The maximum atomic E-state index is 15.0. The van der Waals surface area contributed by atoms with E-state index in [-0.39, 0.29) is 16.9 Å². The topological polar surface area (TPSA) is 73.9 Å². The normalized spacial score (nSPS) is 16.5. The van der Waals surface area contributed by atoms with Gasteiger partial charge in [-0.3, -0.25) is 9.89 Å². The molecule has 0 spiro atoms. The van der Waals surface area contributed by atoms with E-state index in [2.05, 4.69) is 25.4 Å². The fourth-order valence-corrected chi connectivity index (χ4v) is 5.52. The number of aromatic nitrogens is 3. The molecule has 1 saturated heterocycles. The number of nitrogens with one attached hydrogen (secondary N) is 2. The Balaban J connectivity index is 1.53. The van der Waals surface area contributed by atoms with Crippen LogP contribution >= 0.6 is 0 Å². The number of halogens is 3. The van der Waals surface area contributed by atoms with Gasteiger partial charge in [-0.1, -0.05) is 24.3 Å². The molecule has 2 aliphatic carbocycles. The first-order valence-electron chi connectivity index (χ1n) is 12.1. The molecule has 0 bridgehead atoms. The second-order valence-corrected chi connectivity index (χ2v) is 9.34. The fraction of sp³-hybridized carbons (Fsp3) is 0.179. The van der Waals surface area contributed by atoms with Crippen molar-refractivity contribution in [1.29, 1.82) is 0 Å². The standard InChI is InChI=1S/C28H20F3N5O/c29-18-7-8-19(30)24(31)21(18)26-22-20(23-25(14-3-1-2-4-14)34-35-28(23)33-26)16-6-5-15(13-17(16)27(22)37)36-11-9-32-10-12-36/h1-3,5-8,13,32H,4,9-12H2,(H,33,34,35). The number of benzene rings is 2. The first-order chi connectivity index (χ1) is 18.0. The summed E-state index contributed by atoms with van der Waals surface area (Å²) < 4.78 is 44.2. The lowest BCUT2D eigenvalue weighted by Crippen LogP contribution is -2.43. The number of piperazine rings is 1. The molecule has 7 rings (SSSR count). The number of carbonyl (C=O) groups is 1. The molecule has 0 unspecified atom stereocenters. The van der Waals surface area contributed by atoms with Gasteiger partial charge in [0.15, 0.2) is 23.1 Å². The van der Waals surface area contributed by atoms with Gasteiger partial charge < -0.3 is 10.2 Å². The highest BCUT2D eigenvalue weighted by molar-refractivity contribution is 6.29. The molecular formula is C28H20F3N5O. The summed E-state index contributed by atoms with van der Waals surface area (Å²) in [6.07, 6.45) is 6.52. The number of allylic oxidation sites excluding steroid dienone is 4. The van der Waals surface area contributed by atoms with E-state index in [4.69, 9.17) is 0 Å². The van der Waals surface area contributed by atoms with Crippen molar-refractivity contribution in [3.8, 4) is 22.4 Å². The highest BCUT2D eigenvalue weighted by Crippen LogP contribution is 2.48. The summed E-state index contributed by atoms with van der Waals surface area (Å²) in [5.74, 6) is -4.01. The quantitative estimate of drug-likeness (QED) is 0.342. The molecule has 2 aromatic carbocycles. The van der Waals surface area contributed by atoms with Crippen LogP contribution in [0.4, 0.5) is 18.9 Å². The van der Waals surface area contributed by atoms with Crippen LogP contribution < -0.4 is 10.2 Å². The molecule has 0 radical (unpaired) electrons. The van der Waals surface area contributed by atoms with Crippen molar-refractivity contribution in [3.05, 3.63) is 82.8 Å². The Labute approximate surface area is 209 Å². The molecule has 9 heteroatoms. The van der Waals surface area contributed by atoms with E-state index in [1.807, 2.05) is 36.4 Å². The van der Waals surface area contributed by atoms with E-state index in [0.717, 1.165) is 49.6 Å². The Hall–Kier alpha value is -4.24. The summed E-state index contributed by atoms with van der Waals surface area (Å²) in [4.78, 5) is 20.6. The number of nitrogens with zero attached hydrogens (tertiary/aromatic N) is 3. The minimum atomic E-state index is -1.39. The Morgan fingerprint density at radius 2 is 1.70 bits per heavy atom. The first kappa shape index (κ1) is 22.0. The summed E-state index contributed by atoms with van der Waals surface area (Å²) in [5.41, 5.74) is 3.44. The van der Waals surface area contributed by atoms with E-state index < -0.39 is 28.8 Å². The predicted molar refractivity (Wildman–Crippen MR) is 135 cm³/mol. The number of pyridine rings is 1. The van der Waals surface area contributed by atoms with Crippen LogP contribution in [0.1, 0.15) is 28.0 Å². The zero-order chi connectivity index (χ0) is 25.3. The molecule has 37 heavy (non-hydrogen) atoms. The lowest BCUT2D eigenvalue weighted by Gasteiger charge is -2.29. The number of fused-ring (bicyclic) bond motifs is 5. The number of hydrogen-bond donors (Lipinski definition) is 2. The third-order valence-corrected chi connectivity index (χ3v) is 7.29. The number of ketones is 1. The van der Waals surface area contributed by atoms with Crippen LogP contribution in [0, 0.1) is 17.5 Å². The number of H-pyrrole nitrogens is 1. The van der Waals surface area contributed by atoms with Gasteiger partial charge in [0.1, 0.15) is 5.82 Å². The molecular weight excluding hydrogens is 479 g/mol. The van der Waals surface area contributed by atoms with E-state index >= 15 is 4.39 Å². The van der Waals surface area contributed by atoms with Crippen molar-refractivity contribution in [2.24, 2.45) is 0 Å². The number of rotatable bonds is 3. The van der Waals surface area contributed by atoms with Crippen LogP contribution in [-0.4, -0.2) is 47.1 Å². The van der Waals surface area contributed by atoms with Crippen LogP contribution in [0.2, 0.25) is 0 Å². The second-order valence-electron chi connectivity index (χ2n) is 9.34. The third-order valence-electron chi connectivity index (χ3n) is 7.29. The molecule has 0 saturated carbocycles. The smallest absolute Gasteiger partial charge is 0.196 e. The molecule has 6 nitrogen and oxygen atoms in total. The summed E-state index contributed by atoms with van der Waals surface area (Å²) >= 11 is 0.